The summed E-state index contributed by atoms with van der Waals surface area (Å²) in [7, 11) is 3.57. The molecular weight excluding hydrogens is 283 g/mol. The van der Waals surface area contributed by atoms with Crippen LogP contribution in [-0.2, 0) is 6.54 Å². The number of aliphatic hydroxyl groups excluding tert-OH is 1. The van der Waals surface area contributed by atoms with Gasteiger partial charge in [0.15, 0.2) is 11.6 Å². The summed E-state index contributed by atoms with van der Waals surface area (Å²) in [5.41, 5.74) is 0.971. The Balaban J connectivity index is 1.78. The van der Waals surface area contributed by atoms with Crippen LogP contribution < -0.4 is 4.74 Å². The standard InChI is InChI=1S/C17H27FN2O2/c1-19(12-14-5-7-20(8-6-14)9-10-21)13-15-3-4-17(22-2)16(18)11-15/h3-4,11,14,21H,5-10,12-13H2,1-2H3. The number of nitrogens with zero attached hydrogens (tertiary/aromatic N) is 2. The highest BCUT2D eigenvalue weighted by atomic mass is 19.1. The van der Waals surface area contributed by atoms with Crippen molar-refractivity contribution in [1.29, 1.82) is 0 Å². The Labute approximate surface area is 132 Å². The zero-order chi connectivity index (χ0) is 15.9. The van der Waals surface area contributed by atoms with E-state index in [1.165, 1.54) is 20.0 Å². The Morgan fingerprint density at radius 3 is 2.68 bits per heavy atom. The molecule has 2 rings (SSSR count). The van der Waals surface area contributed by atoms with E-state index in [0.29, 0.717) is 11.7 Å². The van der Waals surface area contributed by atoms with E-state index in [0.717, 1.165) is 38.3 Å². The minimum Gasteiger partial charge on any atom is -0.494 e. The molecule has 4 nitrogen and oxygen atoms in total. The molecule has 1 fully saturated rings. The number of benzene rings is 1. The van der Waals surface area contributed by atoms with E-state index in [1.54, 1.807) is 12.1 Å². The second kappa shape index (κ2) is 8.46. The van der Waals surface area contributed by atoms with Gasteiger partial charge in [-0.1, -0.05) is 6.07 Å². The Morgan fingerprint density at radius 1 is 1.36 bits per heavy atom. The quantitative estimate of drug-likeness (QED) is 0.835. The molecule has 0 aliphatic carbocycles. The molecule has 1 aliphatic heterocycles. The van der Waals surface area contributed by atoms with Gasteiger partial charge in [-0.2, -0.15) is 0 Å². The van der Waals surface area contributed by atoms with Crippen LogP contribution in [0.4, 0.5) is 4.39 Å². The van der Waals surface area contributed by atoms with E-state index < -0.39 is 0 Å². The van der Waals surface area contributed by atoms with Gasteiger partial charge in [-0.15, -0.1) is 0 Å². The van der Waals surface area contributed by atoms with Gasteiger partial charge < -0.3 is 19.6 Å². The molecule has 0 radical (unpaired) electrons. The lowest BCUT2D eigenvalue weighted by atomic mass is 9.96. The number of hydrogen-bond donors (Lipinski definition) is 1. The van der Waals surface area contributed by atoms with Gasteiger partial charge in [-0.25, -0.2) is 4.39 Å². The summed E-state index contributed by atoms with van der Waals surface area (Å²) in [5, 5.41) is 8.96. The fraction of sp³-hybridized carbons (Fsp3) is 0.647. The van der Waals surface area contributed by atoms with Crippen molar-refractivity contribution in [3.63, 3.8) is 0 Å². The molecule has 1 heterocycles. The number of β-amino-alcohol motifs (C(OH)–C–C–N with tert-alkyl or cyclic N) is 1. The summed E-state index contributed by atoms with van der Waals surface area (Å²) < 4.78 is 18.7. The van der Waals surface area contributed by atoms with Gasteiger partial charge in [0.1, 0.15) is 0 Å². The van der Waals surface area contributed by atoms with Gasteiger partial charge in [0.2, 0.25) is 0 Å². The number of aliphatic hydroxyl groups is 1. The van der Waals surface area contributed by atoms with Gasteiger partial charge in [-0.3, -0.25) is 0 Å². The number of hydrogen-bond acceptors (Lipinski definition) is 4. The second-order valence-electron chi connectivity index (χ2n) is 6.17. The van der Waals surface area contributed by atoms with Crippen LogP contribution in [0.2, 0.25) is 0 Å². The van der Waals surface area contributed by atoms with E-state index in [-0.39, 0.29) is 12.4 Å². The minimum absolute atomic E-state index is 0.244. The molecule has 1 saturated heterocycles. The van der Waals surface area contributed by atoms with Crippen molar-refractivity contribution in [2.45, 2.75) is 19.4 Å². The van der Waals surface area contributed by atoms with Gasteiger partial charge in [0.05, 0.1) is 13.7 Å². The molecule has 0 unspecified atom stereocenters. The Kier molecular flexibility index (Phi) is 6.61. The first-order valence-electron chi connectivity index (χ1n) is 7.96. The molecule has 0 aromatic heterocycles. The van der Waals surface area contributed by atoms with E-state index in [2.05, 4.69) is 16.8 Å². The number of rotatable bonds is 7. The molecule has 0 bridgehead atoms. The summed E-state index contributed by atoms with van der Waals surface area (Å²) in [6.45, 7) is 4.94. The lowest BCUT2D eigenvalue weighted by Crippen LogP contribution is -2.38. The van der Waals surface area contributed by atoms with Crippen LogP contribution in [0, 0.1) is 11.7 Å². The van der Waals surface area contributed by atoms with Crippen molar-refractivity contribution in [2.24, 2.45) is 5.92 Å². The monoisotopic (exact) mass is 310 g/mol. The van der Waals surface area contributed by atoms with Gasteiger partial charge >= 0.3 is 0 Å². The Morgan fingerprint density at radius 2 is 2.09 bits per heavy atom. The SMILES string of the molecule is COc1ccc(CN(C)CC2CCN(CCO)CC2)cc1F. The molecule has 0 amide bonds. The highest BCUT2D eigenvalue weighted by molar-refractivity contribution is 5.29. The summed E-state index contributed by atoms with van der Waals surface area (Å²) in [6, 6.07) is 5.16. The molecule has 1 N–H and O–H groups in total. The largest absolute Gasteiger partial charge is 0.494 e. The molecule has 1 aromatic carbocycles. The van der Waals surface area contributed by atoms with Crippen LogP contribution in [0.15, 0.2) is 18.2 Å². The normalized spacial score (nSPS) is 17.1. The maximum atomic E-state index is 13.7. The van der Waals surface area contributed by atoms with Crippen molar-refractivity contribution in [3.8, 4) is 5.75 Å². The van der Waals surface area contributed by atoms with Crippen molar-refractivity contribution in [3.05, 3.63) is 29.6 Å². The van der Waals surface area contributed by atoms with E-state index in [1.807, 2.05) is 6.07 Å². The van der Waals surface area contributed by atoms with Crippen molar-refractivity contribution < 1.29 is 14.2 Å². The number of likely N-dealkylation sites (tertiary alicyclic amines) is 1. The molecule has 1 aromatic rings. The van der Waals surface area contributed by atoms with E-state index in [4.69, 9.17) is 9.84 Å². The average Bonchev–Trinajstić information content (AvgIpc) is 2.50. The topological polar surface area (TPSA) is 35.9 Å². The smallest absolute Gasteiger partial charge is 0.165 e. The maximum Gasteiger partial charge on any atom is 0.165 e. The lowest BCUT2D eigenvalue weighted by molar-refractivity contribution is 0.129. The molecule has 22 heavy (non-hydrogen) atoms. The fourth-order valence-electron chi connectivity index (χ4n) is 3.16. The van der Waals surface area contributed by atoms with Crippen LogP contribution in [0.25, 0.3) is 0 Å². The first kappa shape index (κ1) is 17.2. The fourth-order valence-corrected chi connectivity index (χ4v) is 3.16. The van der Waals surface area contributed by atoms with Crippen LogP contribution in [-0.4, -0.2) is 61.8 Å². The molecule has 0 spiro atoms. The minimum atomic E-state index is -0.300. The predicted molar refractivity (Wildman–Crippen MR) is 85.5 cm³/mol. The van der Waals surface area contributed by atoms with Crippen LogP contribution in [0.1, 0.15) is 18.4 Å². The third kappa shape index (κ3) is 4.93. The molecule has 1 aliphatic rings. The first-order valence-corrected chi connectivity index (χ1v) is 7.96. The number of piperidine rings is 1. The third-order valence-corrected chi connectivity index (χ3v) is 4.36. The van der Waals surface area contributed by atoms with Crippen LogP contribution >= 0.6 is 0 Å². The van der Waals surface area contributed by atoms with Crippen molar-refractivity contribution in [2.75, 3.05) is 46.9 Å². The third-order valence-electron chi connectivity index (χ3n) is 4.36. The van der Waals surface area contributed by atoms with Crippen molar-refractivity contribution >= 4 is 0 Å². The lowest BCUT2D eigenvalue weighted by Gasteiger charge is -2.33. The summed E-state index contributed by atoms with van der Waals surface area (Å²) >= 11 is 0. The molecule has 0 saturated carbocycles. The van der Waals surface area contributed by atoms with E-state index in [9.17, 15) is 4.39 Å². The zero-order valence-corrected chi connectivity index (χ0v) is 13.6. The zero-order valence-electron chi connectivity index (χ0n) is 13.6. The Hall–Kier alpha value is -1.17. The summed E-state index contributed by atoms with van der Waals surface area (Å²) in [5.74, 6) is 0.677. The molecule has 5 heteroatoms. The van der Waals surface area contributed by atoms with Gasteiger partial charge in [0, 0.05) is 19.6 Å². The second-order valence-corrected chi connectivity index (χ2v) is 6.17. The van der Waals surface area contributed by atoms with Gasteiger partial charge in [0.25, 0.3) is 0 Å². The maximum absolute atomic E-state index is 13.7. The van der Waals surface area contributed by atoms with Crippen molar-refractivity contribution in [1.82, 2.24) is 9.80 Å². The first-order chi connectivity index (χ1) is 10.6. The molecule has 0 atom stereocenters. The molecule has 124 valence electrons. The van der Waals surface area contributed by atoms with E-state index >= 15 is 0 Å². The van der Waals surface area contributed by atoms with Crippen LogP contribution in [0.5, 0.6) is 5.75 Å². The summed E-state index contributed by atoms with van der Waals surface area (Å²) in [6.07, 6.45) is 2.34. The highest BCUT2D eigenvalue weighted by Gasteiger charge is 2.20. The number of ether oxygens (including phenoxy) is 1. The number of methoxy groups -OCH3 is 1. The highest BCUT2D eigenvalue weighted by Crippen LogP contribution is 2.21. The van der Waals surface area contributed by atoms with Crippen LogP contribution in [0.3, 0.4) is 0 Å². The Bertz CT molecular complexity index is 462. The number of halogens is 1. The molecular formula is C17H27FN2O2. The summed E-state index contributed by atoms with van der Waals surface area (Å²) in [4.78, 5) is 4.57. The van der Waals surface area contributed by atoms with Gasteiger partial charge in [-0.05, 0) is 56.6 Å². The predicted octanol–water partition coefficient (Wildman–Crippen LogP) is 1.97. The average molecular weight is 310 g/mol.